The number of nitrogens with two attached hydrogens (primary N) is 1. The van der Waals surface area contributed by atoms with E-state index in [1.54, 1.807) is 0 Å². The van der Waals surface area contributed by atoms with Gasteiger partial charge in [0.15, 0.2) is 0 Å². The fraction of sp³-hybridized carbons (Fsp3) is 0.538. The van der Waals surface area contributed by atoms with E-state index in [9.17, 15) is 0 Å². The van der Waals surface area contributed by atoms with Crippen molar-refractivity contribution in [2.45, 2.75) is 32.1 Å². The van der Waals surface area contributed by atoms with Gasteiger partial charge in [-0.2, -0.15) is 0 Å². The quantitative estimate of drug-likeness (QED) is 0.822. The summed E-state index contributed by atoms with van der Waals surface area (Å²) in [6.45, 7) is 1.06. The largest absolute Gasteiger partial charge is 0.397 e. The number of halogens is 1. The fourth-order valence-corrected chi connectivity index (χ4v) is 2.69. The lowest BCUT2D eigenvalue weighted by Gasteiger charge is -2.22. The summed E-state index contributed by atoms with van der Waals surface area (Å²) in [5, 5.41) is 3.47. The molecule has 3 heteroatoms. The Bertz CT molecular complexity index is 346. The van der Waals surface area contributed by atoms with Crippen LogP contribution in [-0.2, 0) is 0 Å². The molecule has 0 amide bonds. The number of anilines is 2. The van der Waals surface area contributed by atoms with Crippen LogP contribution in [-0.4, -0.2) is 6.54 Å². The van der Waals surface area contributed by atoms with Gasteiger partial charge in [-0.25, -0.2) is 0 Å². The normalized spacial score (nSPS) is 17.3. The van der Waals surface area contributed by atoms with Crippen LogP contribution in [0.25, 0.3) is 0 Å². The van der Waals surface area contributed by atoms with Gasteiger partial charge in [-0.15, -0.1) is 0 Å². The van der Waals surface area contributed by atoms with E-state index >= 15 is 0 Å². The molecule has 0 radical (unpaired) electrons. The molecule has 88 valence electrons. The van der Waals surface area contributed by atoms with Gasteiger partial charge < -0.3 is 11.1 Å². The van der Waals surface area contributed by atoms with Crippen molar-refractivity contribution in [3.63, 3.8) is 0 Å². The van der Waals surface area contributed by atoms with E-state index in [0.717, 1.165) is 28.3 Å². The fourth-order valence-electron chi connectivity index (χ4n) is 2.33. The first kappa shape index (κ1) is 11.8. The van der Waals surface area contributed by atoms with Crippen LogP contribution in [0.2, 0.25) is 0 Å². The molecule has 1 aliphatic rings. The van der Waals surface area contributed by atoms with Crippen molar-refractivity contribution in [2.24, 2.45) is 5.92 Å². The highest BCUT2D eigenvalue weighted by Crippen LogP contribution is 2.27. The number of nitrogens with one attached hydrogen (secondary N) is 1. The number of nitrogen functional groups attached to an aromatic ring is 1. The molecule has 1 aromatic carbocycles. The van der Waals surface area contributed by atoms with Gasteiger partial charge in [0.1, 0.15) is 0 Å². The first-order valence-corrected chi connectivity index (χ1v) is 6.84. The van der Waals surface area contributed by atoms with Gasteiger partial charge >= 0.3 is 0 Å². The van der Waals surface area contributed by atoms with Crippen molar-refractivity contribution in [3.8, 4) is 0 Å². The molecular weight excluding hydrogens is 264 g/mol. The van der Waals surface area contributed by atoms with E-state index in [-0.39, 0.29) is 0 Å². The van der Waals surface area contributed by atoms with Gasteiger partial charge in [0, 0.05) is 11.0 Å². The van der Waals surface area contributed by atoms with Crippen molar-refractivity contribution in [1.82, 2.24) is 0 Å². The minimum atomic E-state index is 0.826. The van der Waals surface area contributed by atoms with E-state index in [0.29, 0.717) is 0 Å². The predicted octanol–water partition coefficient (Wildman–Crippen LogP) is 4.02. The lowest BCUT2D eigenvalue weighted by molar-refractivity contribution is 0.373. The molecule has 3 N–H and O–H groups in total. The Balaban J connectivity index is 1.90. The molecular formula is C13H19BrN2. The minimum absolute atomic E-state index is 0.826. The molecule has 0 saturated heterocycles. The molecule has 1 fully saturated rings. The summed E-state index contributed by atoms with van der Waals surface area (Å²) in [7, 11) is 0. The Labute approximate surface area is 106 Å². The van der Waals surface area contributed by atoms with Crippen molar-refractivity contribution in [1.29, 1.82) is 0 Å². The summed E-state index contributed by atoms with van der Waals surface area (Å²) in [6, 6.07) is 5.96. The summed E-state index contributed by atoms with van der Waals surface area (Å²) in [5.41, 5.74) is 7.81. The first-order valence-electron chi connectivity index (χ1n) is 6.04. The van der Waals surface area contributed by atoms with E-state index in [2.05, 4.69) is 27.3 Å². The molecule has 0 aliphatic heterocycles. The maximum Gasteiger partial charge on any atom is 0.0585 e. The second-order valence-corrected chi connectivity index (χ2v) is 5.53. The molecule has 0 heterocycles. The number of benzene rings is 1. The molecule has 2 rings (SSSR count). The molecule has 1 aromatic rings. The molecule has 0 unspecified atom stereocenters. The van der Waals surface area contributed by atoms with Crippen LogP contribution in [0.15, 0.2) is 22.7 Å². The summed E-state index contributed by atoms with van der Waals surface area (Å²) in [5.74, 6) is 0.826. The van der Waals surface area contributed by atoms with Crippen LogP contribution >= 0.6 is 15.9 Å². The van der Waals surface area contributed by atoms with E-state index in [4.69, 9.17) is 5.73 Å². The Hall–Kier alpha value is -0.700. The van der Waals surface area contributed by atoms with Crippen LogP contribution in [0, 0.1) is 5.92 Å². The third kappa shape index (κ3) is 3.14. The smallest absolute Gasteiger partial charge is 0.0585 e. The summed E-state index contributed by atoms with van der Waals surface area (Å²) in [4.78, 5) is 0. The minimum Gasteiger partial charge on any atom is -0.397 e. The molecule has 0 bridgehead atoms. The lowest BCUT2D eigenvalue weighted by Crippen LogP contribution is -2.17. The maximum absolute atomic E-state index is 5.92. The number of hydrogen-bond donors (Lipinski definition) is 2. The third-order valence-corrected chi connectivity index (χ3v) is 3.81. The van der Waals surface area contributed by atoms with E-state index in [1.165, 1.54) is 32.1 Å². The number of rotatable bonds is 3. The summed E-state index contributed by atoms with van der Waals surface area (Å²) in [6.07, 6.45) is 6.91. The molecule has 1 saturated carbocycles. The van der Waals surface area contributed by atoms with Crippen molar-refractivity contribution in [2.75, 3.05) is 17.6 Å². The topological polar surface area (TPSA) is 38.0 Å². The average Bonchev–Trinajstić information content (AvgIpc) is 2.32. The molecule has 2 nitrogen and oxygen atoms in total. The predicted molar refractivity (Wildman–Crippen MR) is 73.6 cm³/mol. The van der Waals surface area contributed by atoms with Crippen molar-refractivity contribution >= 4 is 27.3 Å². The Morgan fingerprint density at radius 1 is 1.25 bits per heavy atom. The van der Waals surface area contributed by atoms with Crippen LogP contribution in [0.1, 0.15) is 32.1 Å². The molecule has 16 heavy (non-hydrogen) atoms. The zero-order valence-electron chi connectivity index (χ0n) is 9.51. The van der Waals surface area contributed by atoms with Gasteiger partial charge in [-0.05, 0) is 37.0 Å². The highest BCUT2D eigenvalue weighted by atomic mass is 79.9. The Kier molecular flexibility index (Phi) is 4.10. The molecule has 0 atom stereocenters. The summed E-state index contributed by atoms with van der Waals surface area (Å²) < 4.78 is 1.08. The Morgan fingerprint density at radius 2 is 2.00 bits per heavy atom. The second-order valence-electron chi connectivity index (χ2n) is 4.62. The van der Waals surface area contributed by atoms with Gasteiger partial charge in [0.05, 0.1) is 11.4 Å². The Morgan fingerprint density at radius 3 is 2.75 bits per heavy atom. The van der Waals surface area contributed by atoms with Gasteiger partial charge in [-0.1, -0.05) is 35.2 Å². The van der Waals surface area contributed by atoms with Gasteiger partial charge in [0.25, 0.3) is 0 Å². The molecule has 1 aliphatic carbocycles. The lowest BCUT2D eigenvalue weighted by atomic mass is 9.89. The standard InChI is InChI=1S/C13H19BrN2/c14-11-6-7-12(15)13(8-11)16-9-10-4-2-1-3-5-10/h6-8,10,16H,1-5,9,15H2. The van der Waals surface area contributed by atoms with Gasteiger partial charge in [0.2, 0.25) is 0 Å². The van der Waals surface area contributed by atoms with Crippen LogP contribution in [0.5, 0.6) is 0 Å². The van der Waals surface area contributed by atoms with Gasteiger partial charge in [-0.3, -0.25) is 0 Å². The average molecular weight is 283 g/mol. The highest BCUT2D eigenvalue weighted by Gasteiger charge is 2.13. The first-order chi connectivity index (χ1) is 7.75. The van der Waals surface area contributed by atoms with Crippen LogP contribution < -0.4 is 11.1 Å². The van der Waals surface area contributed by atoms with E-state index < -0.39 is 0 Å². The second kappa shape index (κ2) is 5.58. The number of hydrogen-bond acceptors (Lipinski definition) is 2. The van der Waals surface area contributed by atoms with Crippen molar-refractivity contribution < 1.29 is 0 Å². The van der Waals surface area contributed by atoms with Crippen LogP contribution in [0.4, 0.5) is 11.4 Å². The molecule has 0 spiro atoms. The zero-order valence-corrected chi connectivity index (χ0v) is 11.1. The van der Waals surface area contributed by atoms with E-state index in [1.807, 2.05) is 12.1 Å². The molecule has 0 aromatic heterocycles. The SMILES string of the molecule is Nc1ccc(Br)cc1NCC1CCCCC1. The van der Waals surface area contributed by atoms with Crippen molar-refractivity contribution in [3.05, 3.63) is 22.7 Å². The third-order valence-electron chi connectivity index (χ3n) is 3.32. The monoisotopic (exact) mass is 282 g/mol. The summed E-state index contributed by atoms with van der Waals surface area (Å²) >= 11 is 3.47. The maximum atomic E-state index is 5.92. The zero-order chi connectivity index (χ0) is 11.4. The highest BCUT2D eigenvalue weighted by molar-refractivity contribution is 9.10. The van der Waals surface area contributed by atoms with Crippen LogP contribution in [0.3, 0.4) is 0 Å².